The molecule has 0 spiro atoms. The van der Waals surface area contributed by atoms with Gasteiger partial charge in [0, 0.05) is 5.75 Å². The minimum Gasteiger partial charge on any atom is -0.451 e. The van der Waals surface area contributed by atoms with E-state index in [0.29, 0.717) is 5.75 Å². The zero-order valence-corrected chi connectivity index (χ0v) is 24.6. The summed E-state index contributed by atoms with van der Waals surface area (Å²) in [6, 6.07) is 26.2. The molecule has 3 aromatic carbocycles. The summed E-state index contributed by atoms with van der Waals surface area (Å²) >= 11 is 8.45. The molecule has 0 bridgehead atoms. The van der Waals surface area contributed by atoms with Gasteiger partial charge in [-0.15, -0.1) is 23.4 Å². The molecule has 1 unspecified atom stereocenters. The molecule has 3 heterocycles. The van der Waals surface area contributed by atoms with Crippen molar-refractivity contribution in [3.8, 4) is 0 Å². The van der Waals surface area contributed by atoms with Gasteiger partial charge < -0.3 is 14.5 Å². The molecule has 0 aromatic heterocycles. The van der Waals surface area contributed by atoms with Gasteiger partial charge >= 0.3 is 5.97 Å². The molecule has 0 radical (unpaired) electrons. The Bertz CT molecular complexity index is 1410. The second-order valence-electron chi connectivity index (χ2n) is 11.5. The van der Waals surface area contributed by atoms with Crippen LogP contribution in [-0.2, 0) is 19.1 Å². The van der Waals surface area contributed by atoms with Crippen LogP contribution in [0.5, 0.6) is 0 Å². The number of thioether (sulfide) groups is 1. The van der Waals surface area contributed by atoms with Crippen molar-refractivity contribution in [1.29, 1.82) is 0 Å². The number of hydrogen-bond acceptors (Lipinski definition) is 6. The van der Waals surface area contributed by atoms with Crippen LogP contribution in [0, 0.1) is 0 Å². The number of fused-ring (bicyclic) bond motifs is 1. The lowest BCUT2D eigenvalue weighted by Crippen LogP contribution is -2.79. The van der Waals surface area contributed by atoms with Gasteiger partial charge in [-0.2, -0.15) is 0 Å². The smallest absolute Gasteiger partial charge is 0.331 e. The third-order valence-corrected chi connectivity index (χ3v) is 10.2. The zero-order chi connectivity index (χ0) is 28.9. The predicted octanol–water partition coefficient (Wildman–Crippen LogP) is 4.88. The lowest BCUT2D eigenvalue weighted by molar-refractivity contribution is -0.177. The molecule has 2 amide bonds. The maximum Gasteiger partial charge on any atom is 0.331 e. The number of esters is 1. The van der Waals surface area contributed by atoms with Crippen LogP contribution >= 0.6 is 23.4 Å². The van der Waals surface area contributed by atoms with E-state index < -0.39 is 46.1 Å². The van der Waals surface area contributed by atoms with Crippen LogP contribution in [0.1, 0.15) is 49.6 Å². The van der Waals surface area contributed by atoms with Crippen LogP contribution in [0.15, 0.2) is 91.0 Å². The molecule has 1 N–H and O–H groups in total. The Balaban J connectivity index is 1.28. The van der Waals surface area contributed by atoms with Gasteiger partial charge in [-0.05, 0) is 37.5 Å². The molecule has 0 aliphatic carbocycles. The fourth-order valence-electron chi connectivity index (χ4n) is 6.15. The van der Waals surface area contributed by atoms with E-state index in [1.807, 2.05) is 105 Å². The number of amides is 2. The summed E-state index contributed by atoms with van der Waals surface area (Å²) in [4.78, 5) is 43.7. The van der Waals surface area contributed by atoms with Gasteiger partial charge in [-0.25, -0.2) is 4.79 Å². The first-order chi connectivity index (χ1) is 19.6. The van der Waals surface area contributed by atoms with Gasteiger partial charge in [0.1, 0.15) is 17.5 Å². The highest BCUT2D eigenvalue weighted by Crippen LogP contribution is 2.49. The van der Waals surface area contributed by atoms with Gasteiger partial charge in [0.15, 0.2) is 12.1 Å². The fraction of sp³-hybridized carbons (Fsp3) is 0.344. The second kappa shape index (κ2) is 10.5. The van der Waals surface area contributed by atoms with Crippen molar-refractivity contribution >= 4 is 41.1 Å². The van der Waals surface area contributed by atoms with E-state index in [0.717, 1.165) is 16.7 Å². The maximum atomic E-state index is 14.0. The topological polar surface area (TPSA) is 79.0 Å². The van der Waals surface area contributed by atoms with E-state index in [-0.39, 0.29) is 11.8 Å². The van der Waals surface area contributed by atoms with Crippen molar-refractivity contribution in [2.75, 3.05) is 5.75 Å². The lowest BCUT2D eigenvalue weighted by atomic mass is 9.92. The third kappa shape index (κ3) is 4.82. The van der Waals surface area contributed by atoms with Crippen molar-refractivity contribution in [2.24, 2.45) is 0 Å². The monoisotopic (exact) mass is 589 g/mol. The number of alkyl halides is 1. The van der Waals surface area contributed by atoms with E-state index in [1.165, 1.54) is 16.7 Å². The standard InChI is InChI=1S/C32H32ClN3O4S/c1-31(2)34-23(20-13-7-4-8-14-20)27(37)36(31)24-28(38)35-26(32(3,33)19-41-29(24)35)30(39)40-25(21-15-9-5-10-16-21)22-17-11-6-12-18-22/h4-18,23-26,29,34H,19H2,1-3H3/t23?,24-,26+,29-,32-/m1/s1. The molecule has 3 aromatic rings. The molecule has 3 aliphatic heterocycles. The number of nitrogens with one attached hydrogen (secondary N) is 1. The number of nitrogens with zero attached hydrogens (tertiary/aromatic N) is 2. The predicted molar refractivity (Wildman–Crippen MR) is 159 cm³/mol. The molecule has 3 aliphatic rings. The summed E-state index contributed by atoms with van der Waals surface area (Å²) in [5, 5.41) is 2.98. The normalized spacial score (nSPS) is 28.8. The Hall–Kier alpha value is -3.33. The Morgan fingerprint density at radius 3 is 2.00 bits per heavy atom. The van der Waals surface area contributed by atoms with Crippen molar-refractivity contribution in [1.82, 2.24) is 15.1 Å². The first kappa shape index (κ1) is 27.8. The number of carbonyl (C=O) groups excluding carboxylic acids is 3. The summed E-state index contributed by atoms with van der Waals surface area (Å²) in [6.07, 6.45) is -0.660. The number of rotatable bonds is 6. The molecule has 41 heavy (non-hydrogen) atoms. The summed E-state index contributed by atoms with van der Waals surface area (Å²) in [7, 11) is 0. The van der Waals surface area contributed by atoms with Gasteiger partial charge in [0.25, 0.3) is 0 Å². The van der Waals surface area contributed by atoms with E-state index in [2.05, 4.69) is 5.32 Å². The quantitative estimate of drug-likeness (QED) is 0.251. The minimum atomic E-state index is -1.05. The molecular weight excluding hydrogens is 558 g/mol. The summed E-state index contributed by atoms with van der Waals surface area (Å²) in [5.41, 5.74) is 1.71. The molecule has 3 fully saturated rings. The number of β-lactam (4-membered cyclic amide) rings is 1. The van der Waals surface area contributed by atoms with Gasteiger partial charge in [0.05, 0.1) is 10.5 Å². The number of carbonyl (C=O) groups is 3. The van der Waals surface area contributed by atoms with Crippen LogP contribution in [0.2, 0.25) is 0 Å². The lowest BCUT2D eigenvalue weighted by Gasteiger charge is -2.59. The van der Waals surface area contributed by atoms with Crippen LogP contribution in [0.3, 0.4) is 0 Å². The third-order valence-electron chi connectivity index (χ3n) is 8.09. The fourth-order valence-corrected chi connectivity index (χ4v) is 7.99. The Kier molecular flexibility index (Phi) is 7.12. The van der Waals surface area contributed by atoms with Crippen molar-refractivity contribution < 1.29 is 19.1 Å². The molecular formula is C32H32ClN3O4S. The van der Waals surface area contributed by atoms with Crippen LogP contribution in [-0.4, -0.2) is 61.3 Å². The average molecular weight is 590 g/mol. The first-order valence-corrected chi connectivity index (χ1v) is 15.1. The maximum absolute atomic E-state index is 14.0. The SMILES string of the molecule is CC1(C)NC(c2ccccc2)C(=O)N1[C@@H]1C(=O)N2[C@@H]1SC[C@@](C)(Cl)[C@@H]2C(=O)OC(c1ccccc1)c1ccccc1. The molecule has 3 saturated heterocycles. The van der Waals surface area contributed by atoms with E-state index in [1.54, 1.807) is 11.8 Å². The summed E-state index contributed by atoms with van der Waals surface area (Å²) in [5.74, 6) is -0.613. The number of ether oxygens (including phenoxy) is 1. The average Bonchev–Trinajstić information content (AvgIpc) is 3.21. The second-order valence-corrected chi connectivity index (χ2v) is 13.4. The van der Waals surface area contributed by atoms with Crippen molar-refractivity contribution in [3.05, 3.63) is 108 Å². The van der Waals surface area contributed by atoms with E-state index in [9.17, 15) is 14.4 Å². The molecule has 0 saturated carbocycles. The summed E-state index contributed by atoms with van der Waals surface area (Å²) in [6.45, 7) is 5.57. The Morgan fingerprint density at radius 2 is 1.44 bits per heavy atom. The molecule has 9 heteroatoms. The number of halogens is 1. The minimum absolute atomic E-state index is 0.161. The highest BCUT2D eigenvalue weighted by Gasteiger charge is 2.66. The summed E-state index contributed by atoms with van der Waals surface area (Å²) < 4.78 is 6.18. The highest BCUT2D eigenvalue weighted by atomic mass is 35.5. The largest absolute Gasteiger partial charge is 0.451 e. The number of benzene rings is 3. The van der Waals surface area contributed by atoms with Crippen LogP contribution in [0.25, 0.3) is 0 Å². The molecule has 7 nitrogen and oxygen atoms in total. The van der Waals surface area contributed by atoms with Crippen LogP contribution in [0.4, 0.5) is 0 Å². The molecule has 6 rings (SSSR count). The Morgan fingerprint density at radius 1 is 0.902 bits per heavy atom. The zero-order valence-electron chi connectivity index (χ0n) is 23.1. The van der Waals surface area contributed by atoms with Gasteiger partial charge in [-0.3, -0.25) is 14.9 Å². The molecule has 212 valence electrons. The number of hydrogen-bond donors (Lipinski definition) is 1. The van der Waals surface area contributed by atoms with Gasteiger partial charge in [0.2, 0.25) is 11.8 Å². The van der Waals surface area contributed by atoms with Crippen molar-refractivity contribution in [3.63, 3.8) is 0 Å². The van der Waals surface area contributed by atoms with E-state index >= 15 is 0 Å². The Labute approximate surface area is 249 Å². The van der Waals surface area contributed by atoms with Gasteiger partial charge in [-0.1, -0.05) is 91.0 Å². The first-order valence-electron chi connectivity index (χ1n) is 13.7. The highest BCUT2D eigenvalue weighted by molar-refractivity contribution is 8.00. The molecule has 5 atom stereocenters. The van der Waals surface area contributed by atoms with Crippen molar-refractivity contribution in [2.45, 2.75) is 60.9 Å². The van der Waals surface area contributed by atoms with Crippen LogP contribution < -0.4 is 5.32 Å². The van der Waals surface area contributed by atoms with E-state index in [4.69, 9.17) is 16.3 Å².